The number of hydrogen-bond acceptors (Lipinski definition) is 5. The van der Waals surface area contributed by atoms with Gasteiger partial charge in [-0.15, -0.1) is 0 Å². The molecule has 0 rings (SSSR count). The minimum absolute atomic E-state index is 0.589. The fourth-order valence-electron chi connectivity index (χ4n) is 0.448. The van der Waals surface area contributed by atoms with Gasteiger partial charge in [0, 0.05) is 7.11 Å². The highest BCUT2D eigenvalue weighted by Crippen LogP contribution is 2.77. The topological polar surface area (TPSA) is 130 Å². The van der Waals surface area contributed by atoms with Gasteiger partial charge < -0.3 is 19.2 Å². The molecule has 0 aromatic carbocycles. The van der Waals surface area contributed by atoms with Crippen molar-refractivity contribution in [3.8, 4) is 0 Å². The minimum atomic E-state index is -6.23. The summed E-state index contributed by atoms with van der Waals surface area (Å²) in [5, 5.41) is -5.36. The Morgan fingerprint density at radius 3 is 1.81 bits per heavy atom. The predicted molar refractivity (Wildman–Crippen MR) is 51.1 cm³/mol. The van der Waals surface area contributed by atoms with Gasteiger partial charge in [0.05, 0.1) is 0 Å². The van der Waals surface area contributed by atoms with E-state index in [0.717, 1.165) is 7.11 Å². The molecule has 0 aliphatic heterocycles. The molecule has 0 amide bonds. The van der Waals surface area contributed by atoms with Crippen LogP contribution in [-0.2, 0) is 22.5 Å². The van der Waals surface area contributed by atoms with E-state index in [9.17, 15) is 22.5 Å². The summed E-state index contributed by atoms with van der Waals surface area (Å²) in [7, 11) is -15.3. The van der Waals surface area contributed by atoms with Crippen LogP contribution in [0.25, 0.3) is 0 Å². The zero-order chi connectivity index (χ0) is 13.4. The van der Waals surface area contributed by atoms with E-state index in [1.165, 1.54) is 0 Å². The summed E-state index contributed by atoms with van der Waals surface area (Å²) in [6.45, 7) is 0. The summed E-state index contributed by atoms with van der Waals surface area (Å²) in [6, 6.07) is 0. The van der Waals surface area contributed by atoms with Crippen LogP contribution in [0.4, 0.5) is 8.78 Å². The normalized spacial score (nSPS) is 21.1. The lowest BCUT2D eigenvalue weighted by molar-refractivity contribution is 0.107. The molecular formula is C2H8BF2O8P3. The molecule has 14 heteroatoms. The lowest BCUT2D eigenvalue weighted by Gasteiger charge is -2.24. The molecule has 0 radical (unpaired) electrons. The molecule has 0 spiro atoms. The number of rotatable bonds is 5. The van der Waals surface area contributed by atoms with Gasteiger partial charge in [-0.3, -0.25) is 13.7 Å². The molecule has 0 saturated heterocycles. The van der Waals surface area contributed by atoms with Crippen molar-refractivity contribution in [1.82, 2.24) is 0 Å². The van der Waals surface area contributed by atoms with Crippen molar-refractivity contribution in [2.45, 2.75) is 5.40 Å². The highest BCUT2D eigenvalue weighted by Gasteiger charge is 2.66. The second kappa shape index (κ2) is 4.59. The Hall–Kier alpha value is 0.415. The van der Waals surface area contributed by atoms with Gasteiger partial charge in [0.1, 0.15) is 0 Å². The monoisotopic (exact) mass is 302 g/mol. The van der Waals surface area contributed by atoms with Crippen LogP contribution in [0.1, 0.15) is 0 Å². The maximum absolute atomic E-state index is 12.8. The molecule has 0 saturated carbocycles. The van der Waals surface area contributed by atoms with E-state index in [1.807, 2.05) is 0 Å². The van der Waals surface area contributed by atoms with Gasteiger partial charge in [0.2, 0.25) is 0 Å². The number of halogens is 2. The average Bonchev–Trinajstić information content (AvgIpc) is 2.00. The molecule has 2 unspecified atom stereocenters. The smallest absolute Gasteiger partial charge is 0.320 e. The molecule has 0 heterocycles. The van der Waals surface area contributed by atoms with E-state index >= 15 is 0 Å². The molecule has 0 aliphatic carbocycles. The van der Waals surface area contributed by atoms with E-state index in [2.05, 4.69) is 8.83 Å². The van der Waals surface area contributed by atoms with E-state index in [0.29, 0.717) is 7.57 Å². The first-order chi connectivity index (χ1) is 6.77. The fourth-order valence-corrected chi connectivity index (χ4v) is 4.36. The SMILES string of the molecule is BP(=O)(OC)OP(=O)(O)C(F)(F)P(=O)(O)O. The van der Waals surface area contributed by atoms with Crippen LogP contribution in [0.2, 0.25) is 0 Å². The molecule has 0 aromatic heterocycles. The lowest BCUT2D eigenvalue weighted by Crippen LogP contribution is -2.18. The standard InChI is InChI=1S/C2H8BF2O8P3/c1-12-16(3,11)13-15(9,10)2(4,5)14(6,7)8/h3H2,1H3,(H,9,10)(H2,6,7,8). The number of hydrogen-bond donors (Lipinski definition) is 3. The summed E-state index contributed by atoms with van der Waals surface area (Å²) in [5.74, 6) is 0. The third kappa shape index (κ3) is 3.45. The van der Waals surface area contributed by atoms with Gasteiger partial charge in [0.15, 0.2) is 0 Å². The minimum Gasteiger partial charge on any atom is -0.320 e. The van der Waals surface area contributed by atoms with Gasteiger partial charge in [-0.25, -0.2) is 4.31 Å². The van der Waals surface area contributed by atoms with Crippen LogP contribution in [0.15, 0.2) is 0 Å². The molecule has 96 valence electrons. The first kappa shape index (κ1) is 16.4. The van der Waals surface area contributed by atoms with Crippen LogP contribution in [-0.4, -0.2) is 34.8 Å². The van der Waals surface area contributed by atoms with Gasteiger partial charge >= 0.3 is 20.6 Å². The largest absolute Gasteiger partial charge is 0.444 e. The Morgan fingerprint density at radius 1 is 1.19 bits per heavy atom. The fraction of sp³-hybridized carbons (Fsp3) is 1.00. The van der Waals surface area contributed by atoms with E-state index < -0.39 is 28.1 Å². The van der Waals surface area contributed by atoms with E-state index in [1.54, 1.807) is 0 Å². The maximum Gasteiger partial charge on any atom is 0.444 e. The van der Waals surface area contributed by atoms with Crippen LogP contribution >= 0.6 is 22.7 Å². The van der Waals surface area contributed by atoms with Crippen molar-refractivity contribution in [3.05, 3.63) is 0 Å². The van der Waals surface area contributed by atoms with Crippen LogP contribution in [0.3, 0.4) is 0 Å². The Bertz CT molecular complexity index is 402. The molecular weight excluding hydrogens is 294 g/mol. The van der Waals surface area contributed by atoms with Crippen molar-refractivity contribution in [1.29, 1.82) is 0 Å². The van der Waals surface area contributed by atoms with Gasteiger partial charge in [-0.05, 0) is 0 Å². The van der Waals surface area contributed by atoms with Crippen molar-refractivity contribution in [3.63, 3.8) is 0 Å². The summed E-state index contributed by atoms with van der Waals surface area (Å²) < 4.78 is 65.3. The first-order valence-electron chi connectivity index (χ1n) is 3.38. The lowest BCUT2D eigenvalue weighted by atomic mass is 10.8. The Balaban J connectivity index is 5.32. The molecule has 2 atom stereocenters. The second-order valence-electron chi connectivity index (χ2n) is 2.61. The summed E-state index contributed by atoms with van der Waals surface area (Å²) in [5.41, 5.74) is 0. The quantitative estimate of drug-likeness (QED) is 0.488. The average molecular weight is 302 g/mol. The van der Waals surface area contributed by atoms with Gasteiger partial charge in [-0.1, -0.05) is 0 Å². The molecule has 0 aromatic rings. The van der Waals surface area contributed by atoms with E-state index in [4.69, 9.17) is 14.7 Å². The zero-order valence-electron chi connectivity index (χ0n) is 7.98. The van der Waals surface area contributed by atoms with Crippen LogP contribution in [0, 0.1) is 0 Å². The van der Waals surface area contributed by atoms with Crippen molar-refractivity contribution >= 4 is 30.2 Å². The van der Waals surface area contributed by atoms with Crippen molar-refractivity contribution in [2.24, 2.45) is 0 Å². The van der Waals surface area contributed by atoms with Crippen LogP contribution < -0.4 is 0 Å². The predicted octanol–water partition coefficient (Wildman–Crippen LogP) is 0.304. The summed E-state index contributed by atoms with van der Waals surface area (Å²) in [6.07, 6.45) is 0. The van der Waals surface area contributed by atoms with Gasteiger partial charge in [0.25, 0.3) is 15.0 Å². The second-order valence-corrected chi connectivity index (χ2v) is 8.78. The van der Waals surface area contributed by atoms with Gasteiger partial charge in [-0.2, -0.15) is 8.78 Å². The third-order valence-electron chi connectivity index (χ3n) is 1.28. The molecule has 3 N–H and O–H groups in total. The first-order valence-corrected chi connectivity index (χ1v) is 8.56. The Kier molecular flexibility index (Phi) is 4.71. The molecule has 0 fully saturated rings. The molecule has 8 nitrogen and oxygen atoms in total. The van der Waals surface area contributed by atoms with Crippen LogP contribution in [0.5, 0.6) is 0 Å². The summed E-state index contributed by atoms with van der Waals surface area (Å²) >= 11 is 0. The van der Waals surface area contributed by atoms with Crippen molar-refractivity contribution in [2.75, 3.05) is 7.11 Å². The summed E-state index contributed by atoms with van der Waals surface area (Å²) in [4.78, 5) is 25.0. The third-order valence-corrected chi connectivity index (χ3v) is 6.94. The molecule has 0 aliphatic rings. The zero-order valence-corrected chi connectivity index (χ0v) is 10.7. The van der Waals surface area contributed by atoms with Crippen molar-refractivity contribution < 1.29 is 46.0 Å². The maximum atomic E-state index is 12.8. The Labute approximate surface area is 89.5 Å². The number of alkyl halides is 2. The Morgan fingerprint density at radius 2 is 1.56 bits per heavy atom. The van der Waals surface area contributed by atoms with E-state index in [-0.39, 0.29) is 0 Å². The highest BCUT2D eigenvalue weighted by molar-refractivity contribution is 7.86. The molecule has 16 heavy (non-hydrogen) atoms. The molecule has 0 bridgehead atoms. The highest BCUT2D eigenvalue weighted by atomic mass is 31.3.